The zero-order valence-electron chi connectivity index (χ0n) is 15.5. The fraction of sp³-hybridized carbons (Fsp3) is 0.286. The molecule has 1 fully saturated rings. The number of nitrogens with two attached hydrogens (primary N) is 1. The van der Waals surface area contributed by atoms with E-state index in [1.54, 1.807) is 6.07 Å². The van der Waals surface area contributed by atoms with E-state index >= 15 is 0 Å². The summed E-state index contributed by atoms with van der Waals surface area (Å²) >= 11 is 1.30. The molecule has 1 saturated heterocycles. The molecule has 1 aromatic heterocycles. The summed E-state index contributed by atoms with van der Waals surface area (Å²) in [5, 5.41) is 19.7. The first-order valence-electron chi connectivity index (χ1n) is 9.53. The third-order valence-corrected chi connectivity index (χ3v) is 6.65. The molecule has 0 saturated carbocycles. The van der Waals surface area contributed by atoms with Gasteiger partial charge in [0.25, 0.3) is 5.91 Å². The number of amides is 1. The Bertz CT molecular complexity index is 996. The molecule has 0 aliphatic carbocycles. The number of piperidine rings is 1. The van der Waals surface area contributed by atoms with Crippen LogP contribution in [0, 0.1) is 0 Å². The van der Waals surface area contributed by atoms with Gasteiger partial charge in [0.15, 0.2) is 0 Å². The van der Waals surface area contributed by atoms with Gasteiger partial charge in [-0.1, -0.05) is 30.3 Å². The van der Waals surface area contributed by atoms with E-state index in [4.69, 9.17) is 5.73 Å². The Kier molecular flexibility index (Phi) is 5.50. The van der Waals surface area contributed by atoms with Crippen molar-refractivity contribution in [2.45, 2.75) is 25.3 Å². The molecule has 144 valence electrons. The van der Waals surface area contributed by atoms with E-state index in [0.29, 0.717) is 35.9 Å². The van der Waals surface area contributed by atoms with E-state index in [1.807, 2.05) is 29.2 Å². The van der Waals surface area contributed by atoms with E-state index in [2.05, 4.69) is 18.2 Å². The second-order valence-corrected chi connectivity index (χ2v) is 8.37. The van der Waals surface area contributed by atoms with Crippen LogP contribution in [0.15, 0.2) is 48.5 Å². The maximum atomic E-state index is 13.1. The van der Waals surface area contributed by atoms with Gasteiger partial charge in [-0.05, 0) is 48.1 Å². The zero-order valence-corrected chi connectivity index (χ0v) is 16.4. The smallest absolute Gasteiger partial charge is 0.423 e. The summed E-state index contributed by atoms with van der Waals surface area (Å²) in [5.41, 5.74) is 8.83. The first kappa shape index (κ1) is 19.1. The number of thiophene rings is 1. The highest BCUT2D eigenvalue weighted by atomic mass is 32.1. The number of benzene rings is 2. The van der Waals surface area contributed by atoms with Crippen molar-refractivity contribution in [3.8, 4) is 0 Å². The topological polar surface area (TPSA) is 86.8 Å². The van der Waals surface area contributed by atoms with Gasteiger partial charge in [0.05, 0.1) is 0 Å². The Hall–Kier alpha value is -2.19. The summed E-state index contributed by atoms with van der Waals surface area (Å²) in [6.07, 6.45) is 1.86. The lowest BCUT2D eigenvalue weighted by atomic mass is 9.88. The lowest BCUT2D eigenvalue weighted by molar-refractivity contribution is 0.0715. The largest absolute Gasteiger partial charge is 0.499 e. The predicted octanol–water partition coefficient (Wildman–Crippen LogP) is 2.06. The van der Waals surface area contributed by atoms with Crippen molar-refractivity contribution in [2.24, 2.45) is 5.73 Å². The van der Waals surface area contributed by atoms with Crippen LogP contribution in [0.5, 0.6) is 0 Å². The van der Waals surface area contributed by atoms with E-state index in [0.717, 1.165) is 28.5 Å². The fourth-order valence-electron chi connectivity index (χ4n) is 3.95. The lowest BCUT2D eigenvalue weighted by Gasteiger charge is -2.32. The molecule has 4 N–H and O–H groups in total. The number of nitrogens with zero attached hydrogens (tertiary/aromatic N) is 1. The first-order chi connectivity index (χ1) is 13.6. The minimum absolute atomic E-state index is 0.0107. The summed E-state index contributed by atoms with van der Waals surface area (Å²) in [5.74, 6) is 0.458. The zero-order chi connectivity index (χ0) is 19.7. The number of rotatable bonds is 4. The van der Waals surface area contributed by atoms with E-state index < -0.39 is 7.12 Å². The molecule has 4 rings (SSSR count). The third kappa shape index (κ3) is 3.71. The van der Waals surface area contributed by atoms with Gasteiger partial charge in [0, 0.05) is 40.1 Å². The molecule has 0 bridgehead atoms. The van der Waals surface area contributed by atoms with Gasteiger partial charge in [0.1, 0.15) is 0 Å². The van der Waals surface area contributed by atoms with Gasteiger partial charge in [0.2, 0.25) is 0 Å². The molecular weight excluding hydrogens is 371 g/mol. The van der Waals surface area contributed by atoms with Crippen molar-refractivity contribution in [3.05, 3.63) is 65.2 Å². The molecule has 0 atom stereocenters. The van der Waals surface area contributed by atoms with Crippen molar-refractivity contribution in [1.29, 1.82) is 0 Å². The van der Waals surface area contributed by atoms with Gasteiger partial charge < -0.3 is 20.7 Å². The first-order valence-corrected chi connectivity index (χ1v) is 10.3. The predicted molar refractivity (Wildman–Crippen MR) is 114 cm³/mol. The average molecular weight is 394 g/mol. The van der Waals surface area contributed by atoms with Gasteiger partial charge in [-0.25, -0.2) is 0 Å². The number of hydrogen-bond acceptors (Lipinski definition) is 5. The monoisotopic (exact) mass is 394 g/mol. The van der Waals surface area contributed by atoms with Crippen molar-refractivity contribution in [3.63, 3.8) is 0 Å². The molecule has 1 aliphatic rings. The second kappa shape index (κ2) is 8.05. The normalized spacial score (nSPS) is 15.2. The average Bonchev–Trinajstić information content (AvgIpc) is 3.18. The van der Waals surface area contributed by atoms with Crippen LogP contribution in [0.25, 0.3) is 10.1 Å². The van der Waals surface area contributed by atoms with Crippen LogP contribution in [0.3, 0.4) is 0 Å². The van der Waals surface area contributed by atoms with Gasteiger partial charge in [-0.2, -0.15) is 0 Å². The van der Waals surface area contributed by atoms with Gasteiger partial charge >= 0.3 is 7.12 Å². The van der Waals surface area contributed by atoms with Crippen molar-refractivity contribution in [2.75, 3.05) is 13.1 Å². The van der Waals surface area contributed by atoms with E-state index in [9.17, 15) is 14.8 Å². The molecule has 0 radical (unpaired) electrons. The van der Waals surface area contributed by atoms with Crippen molar-refractivity contribution < 1.29 is 14.8 Å². The molecule has 2 aromatic carbocycles. The van der Waals surface area contributed by atoms with Crippen LogP contribution >= 0.6 is 11.3 Å². The lowest BCUT2D eigenvalue weighted by Crippen LogP contribution is -2.38. The highest BCUT2D eigenvalue weighted by Crippen LogP contribution is 2.30. The van der Waals surface area contributed by atoms with E-state index in [1.165, 1.54) is 16.9 Å². The highest BCUT2D eigenvalue weighted by molar-refractivity contribution is 7.27. The number of carbonyl (C=O) groups excluding carboxylic acids is 1. The molecule has 7 heteroatoms. The molecule has 1 amide bonds. The van der Waals surface area contributed by atoms with Gasteiger partial charge in [-0.3, -0.25) is 4.79 Å². The molecule has 0 spiro atoms. The molecule has 0 unspecified atom stereocenters. The molecule has 3 aromatic rings. The molecule has 28 heavy (non-hydrogen) atoms. The Morgan fingerprint density at radius 1 is 1.14 bits per heavy atom. The molecular formula is C21H23BN2O3S. The van der Waals surface area contributed by atoms with E-state index in [-0.39, 0.29) is 5.91 Å². The van der Waals surface area contributed by atoms with Crippen LogP contribution in [-0.2, 0) is 6.54 Å². The minimum Gasteiger partial charge on any atom is -0.423 e. The van der Waals surface area contributed by atoms with Crippen LogP contribution < -0.4 is 10.5 Å². The molecule has 5 nitrogen and oxygen atoms in total. The minimum atomic E-state index is -1.51. The van der Waals surface area contributed by atoms with Gasteiger partial charge in [-0.15, -0.1) is 11.3 Å². The highest BCUT2D eigenvalue weighted by Gasteiger charge is 2.26. The summed E-state index contributed by atoms with van der Waals surface area (Å²) in [4.78, 5) is 15.0. The second-order valence-electron chi connectivity index (χ2n) is 7.26. The maximum Gasteiger partial charge on any atom is 0.499 e. The van der Waals surface area contributed by atoms with Crippen LogP contribution in [0.1, 0.15) is 40.2 Å². The van der Waals surface area contributed by atoms with Crippen LogP contribution in [0.4, 0.5) is 0 Å². The summed E-state index contributed by atoms with van der Waals surface area (Å²) in [6.45, 7) is 1.97. The summed E-state index contributed by atoms with van der Waals surface area (Å²) < 4.78 is 1.34. The van der Waals surface area contributed by atoms with Crippen LogP contribution in [0.2, 0.25) is 0 Å². The quantitative estimate of drug-likeness (QED) is 0.592. The SMILES string of the molecule is NCc1cccc(C2CCN(C(=O)c3cccc4sc(B(O)O)cc34)CC2)c1. The molecule has 1 aliphatic heterocycles. The van der Waals surface area contributed by atoms with Crippen LogP contribution in [-0.4, -0.2) is 41.1 Å². The number of fused-ring (bicyclic) bond motifs is 1. The maximum absolute atomic E-state index is 13.1. The Balaban J connectivity index is 1.50. The summed E-state index contributed by atoms with van der Waals surface area (Å²) in [7, 11) is -1.51. The van der Waals surface area contributed by atoms with Crippen molar-refractivity contribution in [1.82, 2.24) is 4.90 Å². The standard InChI is InChI=1S/C21H23BN2O3S/c23-13-14-3-1-4-16(11-14)15-7-9-24(10-8-15)21(25)17-5-2-6-19-18(17)12-20(28-19)22(26)27/h1-6,11-12,15,26-27H,7-10,13,23H2. The Morgan fingerprint density at radius 2 is 1.89 bits per heavy atom. The number of carbonyl (C=O) groups is 1. The Morgan fingerprint density at radius 3 is 2.61 bits per heavy atom. The number of hydrogen-bond donors (Lipinski definition) is 3. The van der Waals surface area contributed by atoms with Crippen molar-refractivity contribution >= 4 is 39.2 Å². The number of likely N-dealkylation sites (tertiary alicyclic amines) is 1. The third-order valence-electron chi connectivity index (χ3n) is 5.51. The summed E-state index contributed by atoms with van der Waals surface area (Å²) in [6, 6.07) is 15.7. The Labute approximate surface area is 168 Å². The molecule has 2 heterocycles. The fourth-order valence-corrected chi connectivity index (χ4v) is 4.92.